The summed E-state index contributed by atoms with van der Waals surface area (Å²) in [5, 5.41) is 12.8. The molecule has 1 aromatic carbocycles. The molecule has 0 saturated carbocycles. The van der Waals surface area contributed by atoms with Crippen LogP contribution in [0.5, 0.6) is 0 Å². The van der Waals surface area contributed by atoms with Gasteiger partial charge in [-0.1, -0.05) is 25.8 Å². The molecule has 0 amide bonds. The molecule has 0 bridgehead atoms. The molecule has 0 radical (unpaired) electrons. The van der Waals surface area contributed by atoms with E-state index in [1.807, 2.05) is 6.07 Å². The van der Waals surface area contributed by atoms with Crippen LogP contribution in [0.3, 0.4) is 0 Å². The Hall–Kier alpha value is -1.53. The number of nitrogens with one attached hydrogen (secondary N) is 1. The zero-order chi connectivity index (χ0) is 14.4. The Bertz CT molecular complexity index is 476. The van der Waals surface area contributed by atoms with Crippen LogP contribution >= 0.6 is 0 Å². The number of rotatable bonds is 4. The van der Waals surface area contributed by atoms with E-state index in [9.17, 15) is 5.26 Å². The Kier molecular flexibility index (Phi) is 5.43. The highest BCUT2D eigenvalue weighted by Crippen LogP contribution is 2.27. The van der Waals surface area contributed by atoms with Gasteiger partial charge < -0.3 is 10.2 Å². The van der Waals surface area contributed by atoms with Crippen LogP contribution in [0, 0.1) is 11.3 Å². The summed E-state index contributed by atoms with van der Waals surface area (Å²) in [6.45, 7) is 7.23. The van der Waals surface area contributed by atoms with E-state index in [0.717, 1.165) is 30.9 Å². The zero-order valence-electron chi connectivity index (χ0n) is 12.7. The monoisotopic (exact) mass is 271 g/mol. The average Bonchev–Trinajstić information content (AvgIpc) is 2.69. The second-order valence-electron chi connectivity index (χ2n) is 5.64. The third-order valence-electron chi connectivity index (χ3n) is 4.12. The first-order valence-electron chi connectivity index (χ1n) is 7.76. The molecule has 1 atom stereocenters. The molecule has 3 nitrogen and oxygen atoms in total. The van der Waals surface area contributed by atoms with E-state index in [1.54, 1.807) is 0 Å². The summed E-state index contributed by atoms with van der Waals surface area (Å²) in [7, 11) is 0. The molecule has 1 N–H and O–H groups in total. The summed E-state index contributed by atoms with van der Waals surface area (Å²) >= 11 is 0. The van der Waals surface area contributed by atoms with Crippen LogP contribution in [0.25, 0.3) is 0 Å². The van der Waals surface area contributed by atoms with Gasteiger partial charge in [-0.15, -0.1) is 0 Å². The highest BCUT2D eigenvalue weighted by Gasteiger charge is 2.19. The van der Waals surface area contributed by atoms with E-state index >= 15 is 0 Å². The number of nitriles is 1. The van der Waals surface area contributed by atoms with Crippen LogP contribution in [0.15, 0.2) is 18.2 Å². The van der Waals surface area contributed by atoms with Crippen LogP contribution in [-0.2, 0) is 6.54 Å². The van der Waals surface area contributed by atoms with Crippen molar-refractivity contribution in [2.75, 3.05) is 18.0 Å². The van der Waals surface area contributed by atoms with Gasteiger partial charge in [-0.25, -0.2) is 0 Å². The van der Waals surface area contributed by atoms with Gasteiger partial charge in [-0.2, -0.15) is 5.26 Å². The minimum Gasteiger partial charge on any atom is -0.368 e. The highest BCUT2D eigenvalue weighted by molar-refractivity contribution is 5.61. The lowest BCUT2D eigenvalue weighted by molar-refractivity contribution is 0.615. The lowest BCUT2D eigenvalue weighted by Crippen LogP contribution is -2.33. The molecule has 1 saturated heterocycles. The van der Waals surface area contributed by atoms with E-state index in [-0.39, 0.29) is 0 Å². The standard InChI is InChI=1S/C17H25N3/c1-3-19-13-15-8-9-17(16(11-15)12-18)20-10-6-4-5-7-14(20)2/h8-9,11,14,19H,3-7,10,13H2,1-2H3. The normalized spacial score (nSPS) is 19.4. The van der Waals surface area contributed by atoms with E-state index < -0.39 is 0 Å². The van der Waals surface area contributed by atoms with E-state index in [0.29, 0.717) is 6.04 Å². The Morgan fingerprint density at radius 2 is 2.20 bits per heavy atom. The quantitative estimate of drug-likeness (QED) is 0.911. The fourth-order valence-corrected chi connectivity index (χ4v) is 2.94. The fraction of sp³-hybridized carbons (Fsp3) is 0.588. The molecule has 1 aliphatic rings. The Morgan fingerprint density at radius 3 is 2.95 bits per heavy atom. The van der Waals surface area contributed by atoms with Crippen molar-refractivity contribution < 1.29 is 0 Å². The maximum absolute atomic E-state index is 9.46. The van der Waals surface area contributed by atoms with Crippen LogP contribution in [0.1, 0.15) is 50.7 Å². The van der Waals surface area contributed by atoms with E-state index in [4.69, 9.17) is 0 Å². The van der Waals surface area contributed by atoms with Crippen molar-refractivity contribution in [1.29, 1.82) is 5.26 Å². The smallest absolute Gasteiger partial charge is 0.101 e. The first kappa shape index (κ1) is 14.9. The fourth-order valence-electron chi connectivity index (χ4n) is 2.94. The summed E-state index contributed by atoms with van der Waals surface area (Å²) < 4.78 is 0. The molecule has 1 fully saturated rings. The lowest BCUT2D eigenvalue weighted by atomic mass is 10.1. The predicted molar refractivity (Wildman–Crippen MR) is 83.8 cm³/mol. The molecule has 0 aliphatic carbocycles. The number of hydrogen-bond donors (Lipinski definition) is 1. The van der Waals surface area contributed by atoms with Crippen molar-refractivity contribution >= 4 is 5.69 Å². The van der Waals surface area contributed by atoms with E-state index in [2.05, 4.69) is 42.3 Å². The van der Waals surface area contributed by atoms with Crippen molar-refractivity contribution in [2.45, 2.75) is 52.1 Å². The second kappa shape index (κ2) is 7.31. The largest absolute Gasteiger partial charge is 0.368 e. The van der Waals surface area contributed by atoms with Gasteiger partial charge in [0.1, 0.15) is 6.07 Å². The SMILES string of the molecule is CCNCc1ccc(N2CCCCCC2C)c(C#N)c1. The van der Waals surface area contributed by atoms with Gasteiger partial charge in [0.15, 0.2) is 0 Å². The summed E-state index contributed by atoms with van der Waals surface area (Å²) in [6.07, 6.45) is 5.07. The Balaban J connectivity index is 2.24. The molecule has 2 rings (SSSR count). The molecular formula is C17H25N3. The second-order valence-corrected chi connectivity index (χ2v) is 5.64. The Labute approximate surface area is 122 Å². The minimum absolute atomic E-state index is 0.532. The summed E-state index contributed by atoms with van der Waals surface area (Å²) in [4.78, 5) is 2.42. The zero-order valence-corrected chi connectivity index (χ0v) is 12.7. The first-order chi connectivity index (χ1) is 9.76. The van der Waals surface area contributed by atoms with Crippen LogP contribution < -0.4 is 10.2 Å². The first-order valence-corrected chi connectivity index (χ1v) is 7.76. The third-order valence-corrected chi connectivity index (χ3v) is 4.12. The van der Waals surface area contributed by atoms with Gasteiger partial charge in [0.2, 0.25) is 0 Å². The van der Waals surface area contributed by atoms with E-state index in [1.165, 1.54) is 31.2 Å². The third kappa shape index (κ3) is 3.52. The van der Waals surface area contributed by atoms with Gasteiger partial charge in [0, 0.05) is 19.1 Å². The molecule has 108 valence electrons. The number of benzene rings is 1. The Morgan fingerprint density at radius 1 is 1.35 bits per heavy atom. The molecule has 1 heterocycles. The van der Waals surface area contributed by atoms with Crippen molar-refractivity contribution in [3.63, 3.8) is 0 Å². The minimum atomic E-state index is 0.532. The van der Waals surface area contributed by atoms with Crippen molar-refractivity contribution in [3.8, 4) is 6.07 Å². The highest BCUT2D eigenvalue weighted by atomic mass is 15.2. The predicted octanol–water partition coefficient (Wildman–Crippen LogP) is 3.44. The topological polar surface area (TPSA) is 39.1 Å². The van der Waals surface area contributed by atoms with Gasteiger partial charge in [-0.3, -0.25) is 0 Å². The molecule has 1 aromatic rings. The lowest BCUT2D eigenvalue weighted by Gasteiger charge is -2.30. The van der Waals surface area contributed by atoms with Crippen LogP contribution in [-0.4, -0.2) is 19.1 Å². The molecule has 3 heteroatoms. The molecule has 0 spiro atoms. The molecule has 0 aromatic heterocycles. The average molecular weight is 271 g/mol. The number of nitrogens with zero attached hydrogens (tertiary/aromatic N) is 2. The maximum atomic E-state index is 9.46. The molecule has 20 heavy (non-hydrogen) atoms. The molecule has 1 aliphatic heterocycles. The van der Waals surface area contributed by atoms with Gasteiger partial charge in [-0.05, 0) is 44.0 Å². The molecule has 1 unspecified atom stereocenters. The van der Waals surface area contributed by atoms with Gasteiger partial charge in [0.05, 0.1) is 11.3 Å². The molecular weight excluding hydrogens is 246 g/mol. The van der Waals surface area contributed by atoms with Crippen LogP contribution in [0.4, 0.5) is 5.69 Å². The van der Waals surface area contributed by atoms with Crippen LogP contribution in [0.2, 0.25) is 0 Å². The summed E-state index contributed by atoms with van der Waals surface area (Å²) in [5.74, 6) is 0. The number of anilines is 1. The van der Waals surface area contributed by atoms with Gasteiger partial charge >= 0.3 is 0 Å². The number of hydrogen-bond acceptors (Lipinski definition) is 3. The summed E-state index contributed by atoms with van der Waals surface area (Å²) in [6, 6.07) is 9.23. The summed E-state index contributed by atoms with van der Waals surface area (Å²) in [5.41, 5.74) is 3.12. The van der Waals surface area contributed by atoms with Crippen molar-refractivity contribution in [3.05, 3.63) is 29.3 Å². The maximum Gasteiger partial charge on any atom is 0.101 e. The van der Waals surface area contributed by atoms with Crippen molar-refractivity contribution in [1.82, 2.24) is 5.32 Å². The van der Waals surface area contributed by atoms with Crippen molar-refractivity contribution in [2.24, 2.45) is 0 Å². The van der Waals surface area contributed by atoms with Gasteiger partial charge in [0.25, 0.3) is 0 Å².